The molecule has 1 rings (SSSR count). The second-order valence-corrected chi connectivity index (χ2v) is 3.20. The summed E-state index contributed by atoms with van der Waals surface area (Å²) in [7, 11) is 0. The predicted molar refractivity (Wildman–Crippen MR) is 59.2 cm³/mol. The Bertz CT molecular complexity index is 349. The molecule has 2 heteroatoms. The fraction of sp³-hybridized carbons (Fsp3) is 0.385. The van der Waals surface area contributed by atoms with Crippen molar-refractivity contribution in [3.63, 3.8) is 0 Å². The average Bonchev–Trinajstić information content (AvgIpc) is 2.23. The summed E-state index contributed by atoms with van der Waals surface area (Å²) >= 11 is 0. The van der Waals surface area contributed by atoms with E-state index >= 15 is 0 Å². The van der Waals surface area contributed by atoms with Crippen molar-refractivity contribution in [1.82, 2.24) is 0 Å². The highest BCUT2D eigenvalue weighted by molar-refractivity contribution is 5.22. The molecule has 0 aliphatic carbocycles. The monoisotopic (exact) mass is 206 g/mol. The van der Waals surface area contributed by atoms with Gasteiger partial charge in [-0.1, -0.05) is 31.3 Å². The van der Waals surface area contributed by atoms with E-state index in [0.29, 0.717) is 12.4 Å². The molecule has 0 unspecified atom stereocenters. The van der Waals surface area contributed by atoms with Gasteiger partial charge in [-0.15, -0.1) is 0 Å². The smallest absolute Gasteiger partial charge is 0.149 e. The maximum Gasteiger partial charge on any atom is 0.149 e. The summed E-state index contributed by atoms with van der Waals surface area (Å²) in [6, 6.07) is 6.08. The van der Waals surface area contributed by atoms with Gasteiger partial charge in [0.05, 0.1) is 0 Å². The lowest BCUT2D eigenvalue weighted by Gasteiger charge is -2.00. The molecule has 80 valence electrons. The van der Waals surface area contributed by atoms with Gasteiger partial charge in [0.1, 0.15) is 18.2 Å². The number of hydrogen-bond acceptors (Lipinski definition) is 1. The highest BCUT2D eigenvalue weighted by Gasteiger charge is 1.93. The number of unbranched alkanes of at least 4 members (excludes halogenated alkanes) is 2. The summed E-state index contributed by atoms with van der Waals surface area (Å²) in [6.07, 6.45) is 3.18. The SMILES string of the molecule is CCCCC#CCOc1cccc(F)c1. The first-order valence-electron chi connectivity index (χ1n) is 5.17. The van der Waals surface area contributed by atoms with Crippen molar-refractivity contribution in [3.8, 4) is 17.6 Å². The molecule has 0 aromatic heterocycles. The molecule has 0 atom stereocenters. The van der Waals surface area contributed by atoms with Gasteiger partial charge in [-0.05, 0) is 18.6 Å². The Labute approximate surface area is 90.3 Å². The molecule has 1 nitrogen and oxygen atoms in total. The van der Waals surface area contributed by atoms with Crippen LogP contribution in [0.2, 0.25) is 0 Å². The number of ether oxygens (including phenoxy) is 1. The predicted octanol–water partition coefficient (Wildman–Crippen LogP) is 3.40. The quantitative estimate of drug-likeness (QED) is 0.542. The molecule has 0 radical (unpaired) electrons. The first-order chi connectivity index (χ1) is 7.33. The molecule has 0 saturated carbocycles. The van der Waals surface area contributed by atoms with E-state index in [4.69, 9.17) is 4.74 Å². The normalized spacial score (nSPS) is 9.20. The van der Waals surface area contributed by atoms with Crippen LogP contribution in [0.3, 0.4) is 0 Å². The van der Waals surface area contributed by atoms with Gasteiger partial charge in [-0.3, -0.25) is 0 Å². The molecule has 0 amide bonds. The maximum atomic E-state index is 12.7. The molecule has 1 aromatic carbocycles. The zero-order valence-corrected chi connectivity index (χ0v) is 8.92. The maximum absolute atomic E-state index is 12.7. The van der Waals surface area contributed by atoms with Crippen LogP contribution in [0.1, 0.15) is 26.2 Å². The number of rotatable bonds is 4. The van der Waals surface area contributed by atoms with Crippen LogP contribution in [0.4, 0.5) is 4.39 Å². The average molecular weight is 206 g/mol. The van der Waals surface area contributed by atoms with Crippen LogP contribution in [-0.4, -0.2) is 6.61 Å². The van der Waals surface area contributed by atoms with Gasteiger partial charge >= 0.3 is 0 Å². The molecule has 0 N–H and O–H groups in total. The third-order valence-corrected chi connectivity index (χ3v) is 1.89. The fourth-order valence-corrected chi connectivity index (χ4v) is 1.08. The topological polar surface area (TPSA) is 9.23 Å². The molecule has 0 aliphatic rings. The molecule has 0 saturated heterocycles. The molecule has 0 heterocycles. The van der Waals surface area contributed by atoms with Gasteiger partial charge < -0.3 is 4.74 Å². The van der Waals surface area contributed by atoms with Gasteiger partial charge in [-0.25, -0.2) is 4.39 Å². The Hall–Kier alpha value is -1.49. The lowest BCUT2D eigenvalue weighted by Crippen LogP contribution is -1.93. The molecule has 0 bridgehead atoms. The van der Waals surface area contributed by atoms with Crippen LogP contribution in [0.15, 0.2) is 24.3 Å². The van der Waals surface area contributed by atoms with Crippen LogP contribution in [-0.2, 0) is 0 Å². The van der Waals surface area contributed by atoms with E-state index in [2.05, 4.69) is 18.8 Å². The van der Waals surface area contributed by atoms with Crippen molar-refractivity contribution in [3.05, 3.63) is 30.1 Å². The van der Waals surface area contributed by atoms with E-state index in [1.165, 1.54) is 12.1 Å². The zero-order valence-electron chi connectivity index (χ0n) is 8.92. The standard InChI is InChI=1S/C13H15FO/c1-2-3-4-5-6-10-15-13-9-7-8-12(14)11-13/h7-9,11H,2-4,10H2,1H3. The summed E-state index contributed by atoms with van der Waals surface area (Å²) < 4.78 is 18.0. The number of benzene rings is 1. The molecule has 0 spiro atoms. The lowest BCUT2D eigenvalue weighted by atomic mass is 10.2. The van der Waals surface area contributed by atoms with Crippen LogP contribution in [0, 0.1) is 17.7 Å². The number of halogens is 1. The second kappa shape index (κ2) is 6.89. The first kappa shape index (κ1) is 11.6. The van der Waals surface area contributed by atoms with Crippen LogP contribution >= 0.6 is 0 Å². The van der Waals surface area contributed by atoms with E-state index in [1.54, 1.807) is 12.1 Å². The Morgan fingerprint density at radius 3 is 2.93 bits per heavy atom. The molecule has 0 fully saturated rings. The molecular formula is C13H15FO. The van der Waals surface area contributed by atoms with Crippen molar-refractivity contribution in [1.29, 1.82) is 0 Å². The fourth-order valence-electron chi connectivity index (χ4n) is 1.08. The molecule has 15 heavy (non-hydrogen) atoms. The van der Waals surface area contributed by atoms with Gasteiger partial charge in [0.25, 0.3) is 0 Å². The Morgan fingerprint density at radius 2 is 2.20 bits per heavy atom. The Morgan fingerprint density at radius 1 is 1.33 bits per heavy atom. The summed E-state index contributed by atoms with van der Waals surface area (Å²) in [5.74, 6) is 6.14. The van der Waals surface area contributed by atoms with Crippen molar-refractivity contribution in [2.24, 2.45) is 0 Å². The summed E-state index contributed by atoms with van der Waals surface area (Å²) in [5, 5.41) is 0. The van der Waals surface area contributed by atoms with Gasteiger partial charge in [0.2, 0.25) is 0 Å². The van der Waals surface area contributed by atoms with E-state index in [-0.39, 0.29) is 5.82 Å². The summed E-state index contributed by atoms with van der Waals surface area (Å²) in [6.45, 7) is 2.46. The van der Waals surface area contributed by atoms with Crippen molar-refractivity contribution in [2.45, 2.75) is 26.2 Å². The third-order valence-electron chi connectivity index (χ3n) is 1.89. The van der Waals surface area contributed by atoms with Gasteiger partial charge in [0.15, 0.2) is 0 Å². The summed E-state index contributed by atoms with van der Waals surface area (Å²) in [4.78, 5) is 0. The number of hydrogen-bond donors (Lipinski definition) is 0. The van der Waals surface area contributed by atoms with Gasteiger partial charge in [0, 0.05) is 12.5 Å². The van der Waals surface area contributed by atoms with E-state index in [1.807, 2.05) is 0 Å². The minimum absolute atomic E-state index is 0.286. The van der Waals surface area contributed by atoms with E-state index in [0.717, 1.165) is 19.3 Å². The van der Waals surface area contributed by atoms with Crippen molar-refractivity contribution >= 4 is 0 Å². The first-order valence-corrected chi connectivity index (χ1v) is 5.17. The molecule has 1 aromatic rings. The van der Waals surface area contributed by atoms with Crippen LogP contribution < -0.4 is 4.74 Å². The van der Waals surface area contributed by atoms with Crippen molar-refractivity contribution in [2.75, 3.05) is 6.61 Å². The lowest BCUT2D eigenvalue weighted by molar-refractivity contribution is 0.367. The minimum atomic E-state index is -0.286. The third kappa shape index (κ3) is 5.07. The zero-order chi connectivity index (χ0) is 10.9. The second-order valence-electron chi connectivity index (χ2n) is 3.20. The Kier molecular flexibility index (Phi) is 5.32. The van der Waals surface area contributed by atoms with E-state index < -0.39 is 0 Å². The van der Waals surface area contributed by atoms with E-state index in [9.17, 15) is 4.39 Å². The van der Waals surface area contributed by atoms with Crippen LogP contribution in [0.5, 0.6) is 5.75 Å². The van der Waals surface area contributed by atoms with Crippen LogP contribution in [0.25, 0.3) is 0 Å². The minimum Gasteiger partial charge on any atom is -0.481 e. The highest BCUT2D eigenvalue weighted by Crippen LogP contribution is 2.11. The molecule has 0 aliphatic heterocycles. The largest absolute Gasteiger partial charge is 0.481 e. The van der Waals surface area contributed by atoms with Gasteiger partial charge in [-0.2, -0.15) is 0 Å². The molecular weight excluding hydrogens is 191 g/mol. The highest BCUT2D eigenvalue weighted by atomic mass is 19.1. The summed E-state index contributed by atoms with van der Waals surface area (Å²) in [5.41, 5.74) is 0. The van der Waals surface area contributed by atoms with Crippen molar-refractivity contribution < 1.29 is 9.13 Å². The Balaban J connectivity index is 2.27.